The number of nitrogens with one attached hydrogen (secondary N) is 1. The van der Waals surface area contributed by atoms with E-state index in [9.17, 15) is 22.0 Å². The van der Waals surface area contributed by atoms with E-state index in [1.54, 1.807) is 23.1 Å². The van der Waals surface area contributed by atoms with Gasteiger partial charge in [0.1, 0.15) is 0 Å². The van der Waals surface area contributed by atoms with Crippen molar-refractivity contribution in [1.82, 2.24) is 0 Å². The first kappa shape index (κ1) is 20.6. The lowest BCUT2D eigenvalue weighted by molar-refractivity contribution is 0.264. The van der Waals surface area contributed by atoms with Gasteiger partial charge in [0.25, 0.3) is 5.24 Å². The van der Waals surface area contributed by atoms with Crippen molar-refractivity contribution in [3.8, 4) is 0 Å². The molecule has 0 radical (unpaired) electrons. The maximum absolute atomic E-state index is 14.0. The number of anilines is 2. The summed E-state index contributed by atoms with van der Waals surface area (Å²) in [7, 11) is -3.94. The third-order valence-corrected chi connectivity index (χ3v) is 6.52. The van der Waals surface area contributed by atoms with E-state index in [4.69, 9.17) is 0 Å². The molecule has 9 heteroatoms. The monoisotopic (exact) mass is 426 g/mol. The molecule has 0 saturated heterocycles. The van der Waals surface area contributed by atoms with Crippen LogP contribution in [-0.4, -0.2) is 20.2 Å². The molecule has 3 rings (SSSR count). The smallest absolute Gasteiger partial charge is 0.286 e. The van der Waals surface area contributed by atoms with Gasteiger partial charge in [-0.15, -0.1) is 0 Å². The predicted molar refractivity (Wildman–Crippen MR) is 108 cm³/mol. The van der Waals surface area contributed by atoms with Gasteiger partial charge in [0, 0.05) is 29.2 Å². The van der Waals surface area contributed by atoms with Crippen LogP contribution in [0.25, 0.3) is 0 Å². The maximum Gasteiger partial charge on any atom is 0.286 e. The average Bonchev–Trinajstić information content (AvgIpc) is 2.64. The third kappa shape index (κ3) is 4.30. The number of amides is 1. The van der Waals surface area contributed by atoms with Crippen LogP contribution in [0, 0.1) is 18.6 Å². The van der Waals surface area contributed by atoms with Gasteiger partial charge in [-0.25, -0.2) is 17.2 Å². The molecule has 0 unspecified atom stereocenters. The average molecular weight is 427 g/mol. The Morgan fingerprint density at radius 2 is 1.93 bits per heavy atom. The van der Waals surface area contributed by atoms with Crippen molar-refractivity contribution < 1.29 is 22.0 Å². The Kier molecular flexibility index (Phi) is 5.95. The van der Waals surface area contributed by atoms with Crippen molar-refractivity contribution in [3.63, 3.8) is 0 Å². The van der Waals surface area contributed by atoms with Crippen LogP contribution in [0.15, 0.2) is 30.3 Å². The predicted octanol–water partition coefficient (Wildman–Crippen LogP) is 4.80. The standard InChI is InChI=1S/C19H20F2N2O3S2/c1-3-8-23-16-7-6-15(9-14(16)10-27-19(23)24)22-28(25,26)11-13-5-4-12(2)17(20)18(13)21/h4-7,9,22H,3,8,10-11H2,1-2H3. The molecule has 0 spiro atoms. The van der Waals surface area contributed by atoms with Crippen molar-refractivity contribution in [2.24, 2.45) is 0 Å². The van der Waals surface area contributed by atoms with E-state index in [0.29, 0.717) is 18.0 Å². The van der Waals surface area contributed by atoms with Crippen molar-refractivity contribution in [2.75, 3.05) is 16.2 Å². The van der Waals surface area contributed by atoms with Gasteiger partial charge in [-0.05, 0) is 42.7 Å². The van der Waals surface area contributed by atoms with E-state index in [1.165, 1.54) is 19.1 Å². The Bertz CT molecular complexity index is 1030. The van der Waals surface area contributed by atoms with Gasteiger partial charge in [0.2, 0.25) is 10.0 Å². The summed E-state index contributed by atoms with van der Waals surface area (Å²) in [5.74, 6) is -2.43. The summed E-state index contributed by atoms with van der Waals surface area (Å²) < 4.78 is 55.0. The second kappa shape index (κ2) is 8.08. The Morgan fingerprint density at radius 1 is 1.18 bits per heavy atom. The first-order chi connectivity index (χ1) is 13.2. The lowest BCUT2D eigenvalue weighted by Gasteiger charge is -2.28. The van der Waals surface area contributed by atoms with E-state index in [2.05, 4.69) is 4.72 Å². The number of rotatable bonds is 6. The molecular formula is C19H20F2N2O3S2. The molecule has 0 fully saturated rings. The largest absolute Gasteiger partial charge is 0.303 e. The molecule has 1 amide bonds. The first-order valence-corrected chi connectivity index (χ1v) is 11.4. The molecule has 0 aromatic heterocycles. The quantitative estimate of drug-likeness (QED) is 0.721. The van der Waals surface area contributed by atoms with Crippen LogP contribution < -0.4 is 9.62 Å². The highest BCUT2D eigenvalue weighted by atomic mass is 32.2. The number of thioether (sulfide) groups is 1. The molecule has 0 bridgehead atoms. The highest BCUT2D eigenvalue weighted by Gasteiger charge is 2.25. The maximum atomic E-state index is 14.0. The number of hydrogen-bond acceptors (Lipinski definition) is 4. The molecule has 5 nitrogen and oxygen atoms in total. The first-order valence-electron chi connectivity index (χ1n) is 8.73. The Morgan fingerprint density at radius 3 is 2.64 bits per heavy atom. The van der Waals surface area contributed by atoms with Crippen LogP contribution in [0.2, 0.25) is 0 Å². The lowest BCUT2D eigenvalue weighted by Crippen LogP contribution is -2.31. The van der Waals surface area contributed by atoms with Gasteiger partial charge in [0.15, 0.2) is 11.6 Å². The molecule has 2 aromatic carbocycles. The topological polar surface area (TPSA) is 66.5 Å². The summed E-state index contributed by atoms with van der Waals surface area (Å²) in [5, 5.41) is -0.0282. The lowest BCUT2D eigenvalue weighted by atomic mass is 10.1. The van der Waals surface area contributed by atoms with Crippen molar-refractivity contribution in [2.45, 2.75) is 31.8 Å². The van der Waals surface area contributed by atoms with E-state index in [0.717, 1.165) is 29.4 Å². The summed E-state index contributed by atoms with van der Waals surface area (Å²) in [6.45, 7) is 3.97. The summed E-state index contributed by atoms with van der Waals surface area (Å²) in [5.41, 5.74) is 1.80. The van der Waals surface area contributed by atoms with Crippen LogP contribution in [0.5, 0.6) is 0 Å². The highest BCUT2D eigenvalue weighted by molar-refractivity contribution is 8.13. The molecule has 1 aliphatic rings. The minimum Gasteiger partial charge on any atom is -0.303 e. The summed E-state index contributed by atoms with van der Waals surface area (Å²) >= 11 is 1.16. The molecule has 1 heterocycles. The molecule has 2 aromatic rings. The Hall–Kier alpha value is -2.13. The number of halogens is 2. The zero-order chi connectivity index (χ0) is 20.5. The van der Waals surface area contributed by atoms with E-state index in [-0.39, 0.29) is 16.4 Å². The van der Waals surface area contributed by atoms with E-state index < -0.39 is 27.4 Å². The minimum absolute atomic E-state index is 0.0282. The molecular weight excluding hydrogens is 406 g/mol. The third-order valence-electron chi connectivity index (χ3n) is 4.36. The molecule has 28 heavy (non-hydrogen) atoms. The van der Waals surface area contributed by atoms with Crippen molar-refractivity contribution in [3.05, 3.63) is 58.7 Å². The number of nitrogens with zero attached hydrogens (tertiary/aromatic N) is 1. The summed E-state index contributed by atoms with van der Waals surface area (Å²) in [6.07, 6.45) is 0.804. The van der Waals surface area contributed by atoms with Crippen LogP contribution >= 0.6 is 11.8 Å². The zero-order valence-corrected chi connectivity index (χ0v) is 17.1. The number of benzene rings is 2. The number of carbonyl (C=O) groups excluding carboxylic acids is 1. The fraction of sp³-hybridized carbons (Fsp3) is 0.316. The second-order valence-electron chi connectivity index (χ2n) is 6.58. The van der Waals surface area contributed by atoms with Crippen LogP contribution in [0.1, 0.15) is 30.0 Å². The zero-order valence-electron chi connectivity index (χ0n) is 15.5. The van der Waals surface area contributed by atoms with Gasteiger partial charge in [0.05, 0.1) is 5.75 Å². The number of hydrogen-bond donors (Lipinski definition) is 1. The summed E-state index contributed by atoms with van der Waals surface area (Å²) in [6, 6.07) is 7.55. The van der Waals surface area contributed by atoms with E-state index in [1.807, 2.05) is 6.92 Å². The SMILES string of the molecule is CCCN1C(=O)SCc2cc(NS(=O)(=O)Cc3ccc(C)c(F)c3F)ccc21. The van der Waals surface area contributed by atoms with E-state index >= 15 is 0 Å². The molecule has 1 aliphatic heterocycles. The molecule has 0 aliphatic carbocycles. The fourth-order valence-electron chi connectivity index (χ4n) is 3.00. The normalized spacial score (nSPS) is 14.1. The molecule has 0 saturated carbocycles. The van der Waals surface area contributed by atoms with Crippen molar-refractivity contribution >= 4 is 38.4 Å². The fourth-order valence-corrected chi connectivity index (χ4v) is 5.04. The Labute approximate surface area is 167 Å². The minimum atomic E-state index is -3.94. The van der Waals surface area contributed by atoms with Crippen LogP contribution in [-0.2, 0) is 21.5 Å². The van der Waals surface area contributed by atoms with Crippen LogP contribution in [0.3, 0.4) is 0 Å². The number of carbonyl (C=O) groups is 1. The molecule has 0 atom stereocenters. The Balaban J connectivity index is 1.82. The molecule has 1 N–H and O–H groups in total. The number of aryl methyl sites for hydroxylation is 1. The van der Waals surface area contributed by atoms with Gasteiger partial charge >= 0.3 is 0 Å². The van der Waals surface area contributed by atoms with Gasteiger partial charge in [-0.3, -0.25) is 9.52 Å². The second-order valence-corrected chi connectivity index (χ2v) is 9.23. The van der Waals surface area contributed by atoms with Gasteiger partial charge in [-0.1, -0.05) is 30.8 Å². The molecule has 150 valence electrons. The van der Waals surface area contributed by atoms with Gasteiger partial charge in [-0.2, -0.15) is 0 Å². The highest BCUT2D eigenvalue weighted by Crippen LogP contribution is 2.35. The van der Waals surface area contributed by atoms with Crippen LogP contribution in [0.4, 0.5) is 25.0 Å². The summed E-state index contributed by atoms with van der Waals surface area (Å²) in [4.78, 5) is 13.7. The number of sulfonamides is 1. The van der Waals surface area contributed by atoms with Gasteiger partial charge < -0.3 is 4.90 Å². The number of fused-ring (bicyclic) bond motifs is 1. The van der Waals surface area contributed by atoms with Crippen molar-refractivity contribution in [1.29, 1.82) is 0 Å².